The normalized spacial score (nSPS) is 16.0. The highest BCUT2D eigenvalue weighted by Gasteiger charge is 2.35. The third-order valence-corrected chi connectivity index (χ3v) is 9.35. The van der Waals surface area contributed by atoms with E-state index >= 15 is 0 Å². The van der Waals surface area contributed by atoms with Crippen LogP contribution in [0.4, 0.5) is 0 Å². The van der Waals surface area contributed by atoms with E-state index in [1.165, 1.54) is 5.70 Å². The third kappa shape index (κ3) is 2.50. The van der Waals surface area contributed by atoms with E-state index in [-0.39, 0.29) is 0 Å². The molecule has 1 aliphatic carbocycles. The minimum Gasteiger partial charge on any atom is -0.418 e. The molecule has 0 amide bonds. The predicted molar refractivity (Wildman–Crippen MR) is 69.3 cm³/mol. The lowest BCUT2D eigenvalue weighted by atomic mass is 10.5. The zero-order valence-electron chi connectivity index (χ0n) is 10.2. The van der Waals surface area contributed by atoms with Crippen molar-refractivity contribution in [3.63, 3.8) is 0 Å². The molecule has 0 saturated heterocycles. The number of nitrogens with zero attached hydrogens (tertiary/aromatic N) is 1. The van der Waals surface area contributed by atoms with E-state index < -0.39 is 16.5 Å². The first kappa shape index (κ1) is 11.6. The second kappa shape index (κ2) is 3.57. The van der Waals surface area contributed by atoms with E-state index in [4.69, 9.17) is 0 Å². The van der Waals surface area contributed by atoms with Gasteiger partial charge in [0.05, 0.1) is 5.70 Å². The maximum absolute atomic E-state index is 3.35. The molecule has 1 rings (SSSR count). The summed E-state index contributed by atoms with van der Waals surface area (Å²) in [6.07, 6.45) is 6.29. The van der Waals surface area contributed by atoms with Gasteiger partial charge in [-0.15, -0.1) is 0 Å². The van der Waals surface area contributed by atoms with Crippen molar-refractivity contribution < 1.29 is 0 Å². The van der Waals surface area contributed by atoms with Crippen LogP contribution in [0, 0.1) is 0 Å². The molecule has 1 nitrogen and oxygen atoms in total. The highest BCUT2D eigenvalue weighted by Crippen LogP contribution is 2.26. The molecule has 78 valence electrons. The van der Waals surface area contributed by atoms with E-state index in [1.807, 2.05) is 6.08 Å². The van der Waals surface area contributed by atoms with Gasteiger partial charge in [-0.25, -0.2) is 0 Å². The van der Waals surface area contributed by atoms with Crippen molar-refractivity contribution in [2.24, 2.45) is 0 Å². The smallest absolute Gasteiger partial charge is 0.139 e. The Bertz CT molecular complexity index is 295. The Hall–Kier alpha value is -0.506. The van der Waals surface area contributed by atoms with Crippen molar-refractivity contribution in [1.82, 2.24) is 4.23 Å². The minimum absolute atomic E-state index is 1.26. The van der Waals surface area contributed by atoms with Gasteiger partial charge in [0.25, 0.3) is 0 Å². The summed E-state index contributed by atoms with van der Waals surface area (Å²) in [6, 6.07) is 0. The van der Waals surface area contributed by atoms with Crippen LogP contribution in [0.1, 0.15) is 0 Å². The molecule has 0 radical (unpaired) electrons. The Morgan fingerprint density at radius 1 is 1.00 bits per heavy atom. The van der Waals surface area contributed by atoms with Gasteiger partial charge >= 0.3 is 0 Å². The lowest BCUT2D eigenvalue weighted by Crippen LogP contribution is -2.57. The molecule has 0 atom stereocenters. The summed E-state index contributed by atoms with van der Waals surface area (Å²) in [4.78, 5) is 0. The highest BCUT2D eigenvalue weighted by atomic mass is 28.4. The molecular weight excluding hydrogens is 202 g/mol. The van der Waals surface area contributed by atoms with Crippen LogP contribution in [0.25, 0.3) is 0 Å². The van der Waals surface area contributed by atoms with E-state index in [9.17, 15) is 0 Å². The van der Waals surface area contributed by atoms with Gasteiger partial charge in [-0.1, -0.05) is 51.1 Å². The Kier molecular flexibility index (Phi) is 2.95. The molecule has 14 heavy (non-hydrogen) atoms. The van der Waals surface area contributed by atoms with Gasteiger partial charge in [0.2, 0.25) is 0 Å². The summed E-state index contributed by atoms with van der Waals surface area (Å²) in [5.74, 6) is 0. The van der Waals surface area contributed by atoms with Crippen LogP contribution >= 0.6 is 0 Å². The molecular formula is C11H21NSi2. The fourth-order valence-electron chi connectivity index (χ4n) is 2.19. The molecule has 3 heteroatoms. The van der Waals surface area contributed by atoms with Crippen LogP contribution in [0.2, 0.25) is 39.3 Å². The summed E-state index contributed by atoms with van der Waals surface area (Å²) >= 11 is 0. The molecule has 1 aliphatic rings. The fourth-order valence-corrected chi connectivity index (χ4v) is 12.0. The second-order valence-electron chi connectivity index (χ2n) is 5.73. The van der Waals surface area contributed by atoms with Crippen molar-refractivity contribution >= 4 is 16.5 Å². The summed E-state index contributed by atoms with van der Waals surface area (Å²) in [7, 11) is -2.53. The largest absolute Gasteiger partial charge is 0.418 e. The van der Waals surface area contributed by atoms with Crippen molar-refractivity contribution in [1.29, 1.82) is 0 Å². The number of rotatable bonds is 3. The Balaban J connectivity index is 3.08. The van der Waals surface area contributed by atoms with Crippen LogP contribution < -0.4 is 0 Å². The van der Waals surface area contributed by atoms with E-state index in [0.717, 1.165) is 0 Å². The predicted octanol–water partition coefficient (Wildman–Crippen LogP) is 3.57. The molecule has 0 heterocycles. The molecule has 0 aromatic rings. The van der Waals surface area contributed by atoms with Crippen LogP contribution in [-0.4, -0.2) is 20.7 Å². The van der Waals surface area contributed by atoms with Crippen molar-refractivity contribution in [2.75, 3.05) is 0 Å². The van der Waals surface area contributed by atoms with Crippen molar-refractivity contribution in [2.45, 2.75) is 39.3 Å². The van der Waals surface area contributed by atoms with Crippen LogP contribution in [-0.2, 0) is 0 Å². The van der Waals surface area contributed by atoms with Crippen LogP contribution in [0.5, 0.6) is 0 Å². The molecule has 0 saturated carbocycles. The number of hydrogen-bond acceptors (Lipinski definition) is 1. The number of allylic oxidation sites excluding steroid dienone is 2. The molecule has 0 fully saturated rings. The molecule has 0 unspecified atom stereocenters. The standard InChI is InChI=1S/C11H21NSi2/c1-13(2,3)12(14(4,5)6)11-9-7-8-10-11/h7-9H,1-6H3. The Morgan fingerprint density at radius 2 is 1.50 bits per heavy atom. The third-order valence-electron chi connectivity index (χ3n) is 2.16. The van der Waals surface area contributed by atoms with E-state index in [2.05, 4.69) is 61.4 Å². The van der Waals surface area contributed by atoms with E-state index in [0.29, 0.717) is 0 Å². The van der Waals surface area contributed by atoms with Gasteiger partial charge < -0.3 is 4.23 Å². The van der Waals surface area contributed by atoms with Gasteiger partial charge in [-0.3, -0.25) is 0 Å². The summed E-state index contributed by atoms with van der Waals surface area (Å²) in [5.41, 5.74) is 4.65. The van der Waals surface area contributed by atoms with Crippen molar-refractivity contribution in [3.8, 4) is 0 Å². The van der Waals surface area contributed by atoms with Gasteiger partial charge in [-0.05, 0) is 12.2 Å². The Labute approximate surface area is 90.0 Å². The molecule has 0 aliphatic heterocycles. The molecule has 0 spiro atoms. The summed E-state index contributed by atoms with van der Waals surface area (Å²) in [5, 5.41) is 0. The minimum atomic E-state index is -1.26. The van der Waals surface area contributed by atoms with Gasteiger partial charge in [0.15, 0.2) is 0 Å². The fraction of sp³-hybridized carbons (Fsp3) is 0.545. The first-order chi connectivity index (χ1) is 6.23. The average molecular weight is 223 g/mol. The SMILES string of the molecule is C[Si](C)(C)N(C1=C=CC=C1)[Si](C)(C)C. The topological polar surface area (TPSA) is 3.24 Å². The highest BCUT2D eigenvalue weighted by molar-refractivity contribution is 6.90. The number of hydrogen-bond donors (Lipinski definition) is 0. The van der Waals surface area contributed by atoms with Crippen molar-refractivity contribution in [3.05, 3.63) is 29.7 Å². The van der Waals surface area contributed by atoms with Crippen LogP contribution in [0.15, 0.2) is 29.7 Å². The van der Waals surface area contributed by atoms with Crippen LogP contribution in [0.3, 0.4) is 0 Å². The zero-order chi connectivity index (χ0) is 11.0. The van der Waals surface area contributed by atoms with Gasteiger partial charge in [0, 0.05) is 0 Å². The van der Waals surface area contributed by atoms with Gasteiger partial charge in [-0.2, -0.15) is 0 Å². The quantitative estimate of drug-likeness (QED) is 0.522. The molecule has 0 aromatic heterocycles. The first-order valence-corrected chi connectivity index (χ1v) is 12.1. The lowest BCUT2D eigenvalue weighted by molar-refractivity contribution is 0.787. The maximum atomic E-state index is 3.35. The molecule has 0 bridgehead atoms. The second-order valence-corrected chi connectivity index (χ2v) is 15.8. The average Bonchev–Trinajstić information content (AvgIpc) is 2.31. The monoisotopic (exact) mass is 223 g/mol. The molecule has 0 N–H and O–H groups in total. The lowest BCUT2D eigenvalue weighted by Gasteiger charge is -2.45. The molecule has 0 aromatic carbocycles. The summed E-state index contributed by atoms with van der Waals surface area (Å²) in [6.45, 7) is 14.5. The first-order valence-electron chi connectivity index (χ1n) is 5.16. The van der Waals surface area contributed by atoms with Gasteiger partial charge in [0.1, 0.15) is 16.5 Å². The zero-order valence-corrected chi connectivity index (χ0v) is 12.2. The maximum Gasteiger partial charge on any atom is 0.139 e. The Morgan fingerprint density at radius 3 is 1.79 bits per heavy atom. The van der Waals surface area contributed by atoms with E-state index in [1.54, 1.807) is 0 Å². The summed E-state index contributed by atoms with van der Waals surface area (Å²) < 4.78 is 2.68.